The van der Waals surface area contributed by atoms with Gasteiger partial charge < -0.3 is 14.5 Å². The fraction of sp³-hybridized carbons (Fsp3) is 0.0476. The first-order chi connectivity index (χ1) is 14.9. The largest absolute Gasteiger partial charge is 0.457 e. The quantitative estimate of drug-likeness (QED) is 0.230. The Morgan fingerprint density at radius 3 is 2.71 bits per heavy atom. The number of hydrazone groups is 1. The van der Waals surface area contributed by atoms with Gasteiger partial charge in [-0.15, -0.1) is 0 Å². The van der Waals surface area contributed by atoms with E-state index in [2.05, 4.69) is 31.8 Å². The molecule has 3 aromatic rings. The molecular weight excluding hydrogens is 473 g/mol. The maximum Gasteiger partial charge on any atom is 0.379 e. The molecule has 1 aromatic heterocycles. The van der Waals surface area contributed by atoms with Crippen molar-refractivity contribution in [2.75, 3.05) is 6.54 Å². The third kappa shape index (κ3) is 6.34. The lowest BCUT2D eigenvalue weighted by Crippen LogP contribution is -2.34. The molecule has 0 aliphatic heterocycles. The van der Waals surface area contributed by atoms with Crippen LogP contribution in [0.5, 0.6) is 5.75 Å². The number of halogens is 2. The van der Waals surface area contributed by atoms with Crippen LogP contribution >= 0.6 is 15.9 Å². The molecule has 8 nitrogen and oxygen atoms in total. The highest BCUT2D eigenvalue weighted by atomic mass is 79.9. The van der Waals surface area contributed by atoms with Gasteiger partial charge in [-0.3, -0.25) is 9.59 Å². The van der Waals surface area contributed by atoms with E-state index in [1.54, 1.807) is 24.3 Å². The number of hydrogen-bond donors (Lipinski definition) is 2. The number of nitrogens with zero attached hydrogens (tertiary/aromatic N) is 1. The number of benzene rings is 2. The number of esters is 1. The van der Waals surface area contributed by atoms with E-state index < -0.39 is 23.6 Å². The van der Waals surface area contributed by atoms with E-state index in [1.807, 2.05) is 0 Å². The predicted octanol–water partition coefficient (Wildman–Crippen LogP) is 3.28. The van der Waals surface area contributed by atoms with E-state index >= 15 is 0 Å². The SMILES string of the molecule is O=C(CNC(=O)c1cccc(F)c1)N/N=C\c1cc(Br)ccc1OC(=O)c1ccco1. The number of carbonyl (C=O) groups excluding carboxylic acids is 3. The number of nitrogens with one attached hydrogen (secondary N) is 2. The van der Waals surface area contributed by atoms with Gasteiger partial charge in [0.1, 0.15) is 11.6 Å². The number of carbonyl (C=O) groups is 3. The van der Waals surface area contributed by atoms with Crippen LogP contribution in [-0.2, 0) is 4.79 Å². The molecule has 0 aliphatic carbocycles. The van der Waals surface area contributed by atoms with Crippen molar-refractivity contribution in [2.24, 2.45) is 5.10 Å². The van der Waals surface area contributed by atoms with Crippen LogP contribution < -0.4 is 15.5 Å². The van der Waals surface area contributed by atoms with Crippen molar-refractivity contribution in [3.05, 3.63) is 88.0 Å². The van der Waals surface area contributed by atoms with Crippen LogP contribution in [0.1, 0.15) is 26.5 Å². The number of ether oxygens (including phenoxy) is 1. The van der Waals surface area contributed by atoms with Crippen LogP contribution in [0.25, 0.3) is 0 Å². The monoisotopic (exact) mass is 487 g/mol. The van der Waals surface area contributed by atoms with Crippen molar-refractivity contribution in [3.63, 3.8) is 0 Å². The Morgan fingerprint density at radius 1 is 1.13 bits per heavy atom. The molecule has 3 rings (SSSR count). The summed E-state index contributed by atoms with van der Waals surface area (Å²) in [7, 11) is 0. The molecule has 0 bridgehead atoms. The second kappa shape index (κ2) is 10.3. The van der Waals surface area contributed by atoms with Gasteiger partial charge in [-0.2, -0.15) is 5.10 Å². The molecule has 31 heavy (non-hydrogen) atoms. The Hall–Kier alpha value is -3.79. The Morgan fingerprint density at radius 2 is 1.97 bits per heavy atom. The van der Waals surface area contributed by atoms with E-state index in [1.165, 1.54) is 36.7 Å². The van der Waals surface area contributed by atoms with Gasteiger partial charge >= 0.3 is 5.97 Å². The lowest BCUT2D eigenvalue weighted by Gasteiger charge is -2.07. The van der Waals surface area contributed by atoms with Crippen molar-refractivity contribution in [1.82, 2.24) is 10.7 Å². The number of furan rings is 1. The molecule has 0 atom stereocenters. The molecule has 1 heterocycles. The third-order valence-electron chi connectivity index (χ3n) is 3.79. The zero-order valence-electron chi connectivity index (χ0n) is 15.8. The van der Waals surface area contributed by atoms with E-state index in [-0.39, 0.29) is 23.6 Å². The number of rotatable bonds is 7. The molecule has 2 aromatic carbocycles. The standard InChI is InChI=1S/C21H15BrFN3O5/c22-15-6-7-17(31-21(29)18-5-2-8-30-18)14(9-15)11-25-26-19(27)12-24-20(28)13-3-1-4-16(23)10-13/h1-11H,12H2,(H,24,28)(H,26,27)/b25-11-. The van der Waals surface area contributed by atoms with E-state index in [9.17, 15) is 18.8 Å². The van der Waals surface area contributed by atoms with Gasteiger partial charge in [0.05, 0.1) is 19.0 Å². The Kier molecular flexibility index (Phi) is 7.28. The third-order valence-corrected chi connectivity index (χ3v) is 4.28. The summed E-state index contributed by atoms with van der Waals surface area (Å²) in [5.74, 6) is -2.22. The Labute approximate surface area is 184 Å². The second-order valence-corrected chi connectivity index (χ2v) is 6.95. The normalized spacial score (nSPS) is 10.6. The van der Waals surface area contributed by atoms with Gasteiger partial charge in [-0.25, -0.2) is 14.6 Å². The Balaban J connectivity index is 1.57. The van der Waals surface area contributed by atoms with Crippen LogP contribution in [0.3, 0.4) is 0 Å². The topological polar surface area (TPSA) is 110 Å². The van der Waals surface area contributed by atoms with E-state index in [0.717, 1.165) is 6.07 Å². The molecule has 0 spiro atoms. The summed E-state index contributed by atoms with van der Waals surface area (Å²) >= 11 is 3.31. The first kappa shape index (κ1) is 21.9. The average molecular weight is 488 g/mol. The van der Waals surface area contributed by atoms with Gasteiger partial charge in [-0.05, 0) is 48.5 Å². The van der Waals surface area contributed by atoms with E-state index in [0.29, 0.717) is 10.0 Å². The van der Waals surface area contributed by atoms with Gasteiger partial charge in [0.25, 0.3) is 11.8 Å². The summed E-state index contributed by atoms with van der Waals surface area (Å²) in [4.78, 5) is 35.9. The summed E-state index contributed by atoms with van der Waals surface area (Å²) in [6.07, 6.45) is 2.63. The lowest BCUT2D eigenvalue weighted by molar-refractivity contribution is -0.120. The minimum Gasteiger partial charge on any atom is -0.457 e. The second-order valence-electron chi connectivity index (χ2n) is 6.04. The van der Waals surface area contributed by atoms with Crippen LogP contribution in [-0.4, -0.2) is 30.5 Å². The Bertz CT molecular complexity index is 1130. The van der Waals surface area contributed by atoms with Gasteiger partial charge in [0, 0.05) is 15.6 Å². The van der Waals surface area contributed by atoms with Crippen molar-refractivity contribution in [2.45, 2.75) is 0 Å². The zero-order chi connectivity index (χ0) is 22.2. The molecule has 10 heteroatoms. The minimum absolute atomic E-state index is 0.0353. The zero-order valence-corrected chi connectivity index (χ0v) is 17.4. The van der Waals surface area contributed by atoms with Crippen molar-refractivity contribution in [3.8, 4) is 5.75 Å². The highest BCUT2D eigenvalue weighted by Crippen LogP contribution is 2.23. The molecule has 2 N–H and O–H groups in total. The van der Waals surface area contributed by atoms with Gasteiger partial charge in [0.2, 0.25) is 5.76 Å². The van der Waals surface area contributed by atoms with Crippen LogP contribution in [0.2, 0.25) is 0 Å². The molecular formula is C21H15BrFN3O5. The summed E-state index contributed by atoms with van der Waals surface area (Å²) < 4.78 is 24.1. The molecule has 0 aliphatic rings. The fourth-order valence-electron chi connectivity index (χ4n) is 2.36. The first-order valence-electron chi connectivity index (χ1n) is 8.83. The number of hydrogen-bond acceptors (Lipinski definition) is 6. The molecule has 0 saturated carbocycles. The van der Waals surface area contributed by atoms with Crippen molar-refractivity contribution < 1.29 is 27.9 Å². The highest BCUT2D eigenvalue weighted by molar-refractivity contribution is 9.10. The van der Waals surface area contributed by atoms with Crippen LogP contribution in [0.4, 0.5) is 4.39 Å². The smallest absolute Gasteiger partial charge is 0.379 e. The lowest BCUT2D eigenvalue weighted by atomic mass is 10.2. The molecule has 0 fully saturated rings. The minimum atomic E-state index is -0.689. The maximum absolute atomic E-state index is 13.2. The summed E-state index contributed by atoms with van der Waals surface area (Å²) in [5.41, 5.74) is 2.74. The van der Waals surface area contributed by atoms with Crippen LogP contribution in [0, 0.1) is 5.82 Å². The summed E-state index contributed by atoms with van der Waals surface area (Å²) in [6.45, 7) is -0.370. The molecule has 2 amide bonds. The molecule has 0 saturated heterocycles. The first-order valence-corrected chi connectivity index (χ1v) is 9.62. The van der Waals surface area contributed by atoms with Gasteiger partial charge in [0.15, 0.2) is 0 Å². The predicted molar refractivity (Wildman–Crippen MR) is 112 cm³/mol. The van der Waals surface area contributed by atoms with Gasteiger partial charge in [-0.1, -0.05) is 22.0 Å². The average Bonchev–Trinajstić information content (AvgIpc) is 3.29. The summed E-state index contributed by atoms with van der Waals surface area (Å²) in [5, 5.41) is 6.16. The fourth-order valence-corrected chi connectivity index (χ4v) is 2.74. The van der Waals surface area contributed by atoms with Crippen molar-refractivity contribution in [1.29, 1.82) is 0 Å². The maximum atomic E-state index is 13.2. The highest BCUT2D eigenvalue weighted by Gasteiger charge is 2.14. The molecule has 158 valence electrons. The van der Waals surface area contributed by atoms with Crippen molar-refractivity contribution >= 4 is 39.9 Å². The number of amides is 2. The molecule has 0 radical (unpaired) electrons. The van der Waals surface area contributed by atoms with Crippen LogP contribution in [0.15, 0.2) is 74.9 Å². The molecule has 0 unspecified atom stereocenters. The van der Waals surface area contributed by atoms with E-state index in [4.69, 9.17) is 9.15 Å². The summed E-state index contributed by atoms with van der Waals surface area (Å²) in [6, 6.07) is 13.0.